The summed E-state index contributed by atoms with van der Waals surface area (Å²) >= 11 is 0. The van der Waals surface area contributed by atoms with Crippen molar-refractivity contribution in [1.29, 1.82) is 0 Å². The molecule has 0 saturated carbocycles. The number of carbonyl (C=O) groups is 1. The van der Waals surface area contributed by atoms with Crippen LogP contribution in [0.5, 0.6) is 17.2 Å². The van der Waals surface area contributed by atoms with E-state index in [0.29, 0.717) is 26.1 Å². The van der Waals surface area contributed by atoms with Gasteiger partial charge in [0.15, 0.2) is 11.5 Å². The minimum absolute atomic E-state index is 0.0384. The average Bonchev–Trinajstić information content (AvgIpc) is 2.89. The van der Waals surface area contributed by atoms with Crippen LogP contribution < -0.4 is 19.5 Å². The van der Waals surface area contributed by atoms with Crippen molar-refractivity contribution in [2.24, 2.45) is 0 Å². The monoisotopic (exact) mass is 410 g/mol. The number of rotatable bonds is 6. The number of fused-ring (bicyclic) bond motifs is 2. The van der Waals surface area contributed by atoms with Gasteiger partial charge in [-0.05, 0) is 32.0 Å². The lowest BCUT2D eigenvalue weighted by molar-refractivity contribution is -0.121. The zero-order chi connectivity index (χ0) is 20.9. The number of nitrogens with zero attached hydrogens (tertiary/aromatic N) is 1. The molecule has 2 aromatic rings. The second kappa shape index (κ2) is 9.39. The molecule has 2 aliphatic rings. The Bertz CT molecular complexity index is 885. The Balaban J connectivity index is 1.20. The van der Waals surface area contributed by atoms with Gasteiger partial charge in [-0.15, -0.1) is 0 Å². The van der Waals surface area contributed by atoms with Crippen LogP contribution in [0.3, 0.4) is 0 Å². The maximum absolute atomic E-state index is 12.4. The highest BCUT2D eigenvalue weighted by atomic mass is 16.6. The number of nitrogens with one attached hydrogen (secondary N) is 1. The first-order chi connectivity index (χ1) is 14.6. The van der Waals surface area contributed by atoms with E-state index in [1.54, 1.807) is 0 Å². The normalized spacial score (nSPS) is 20.6. The van der Waals surface area contributed by atoms with Crippen LogP contribution in [0.4, 0.5) is 0 Å². The average molecular weight is 411 g/mol. The van der Waals surface area contributed by atoms with Crippen molar-refractivity contribution < 1.29 is 19.0 Å². The van der Waals surface area contributed by atoms with Crippen LogP contribution >= 0.6 is 0 Å². The van der Waals surface area contributed by atoms with E-state index < -0.39 is 0 Å². The molecule has 2 aromatic carbocycles. The lowest BCUT2D eigenvalue weighted by Crippen LogP contribution is -2.36. The van der Waals surface area contributed by atoms with E-state index in [0.717, 1.165) is 36.8 Å². The fourth-order valence-corrected chi connectivity index (χ4v) is 3.97. The molecule has 2 aliphatic heterocycles. The number of aryl methyl sites for hydroxylation is 1. The van der Waals surface area contributed by atoms with Gasteiger partial charge in [-0.25, -0.2) is 0 Å². The number of hydrogen-bond donors (Lipinski definition) is 1. The molecule has 6 nitrogen and oxygen atoms in total. The first kappa shape index (κ1) is 20.5. The van der Waals surface area contributed by atoms with E-state index in [1.165, 1.54) is 11.1 Å². The number of carbonyl (C=O) groups excluding carboxylic acids is 1. The second-order valence-electron chi connectivity index (χ2n) is 8.16. The highest BCUT2D eigenvalue weighted by Gasteiger charge is 2.22. The molecule has 0 aromatic heterocycles. The van der Waals surface area contributed by atoms with E-state index >= 15 is 0 Å². The summed E-state index contributed by atoms with van der Waals surface area (Å²) in [4.78, 5) is 14.6. The Morgan fingerprint density at radius 1 is 1.13 bits per heavy atom. The minimum Gasteiger partial charge on any atom is -0.489 e. The standard InChI is InChI=1S/C24H30N2O4/c1-17-7-8-21-19(13-17)15-26(14-18(2)29-21)12-10-24(27)25-11-9-20-16-28-22-5-3-4-6-23(22)30-20/h3-8,13,18,20H,9-12,14-16H2,1-2H3,(H,25,27). The topological polar surface area (TPSA) is 60.0 Å². The summed E-state index contributed by atoms with van der Waals surface area (Å²) in [6, 6.07) is 14.0. The van der Waals surface area contributed by atoms with Gasteiger partial charge in [0.05, 0.1) is 0 Å². The van der Waals surface area contributed by atoms with Gasteiger partial charge in [0, 0.05) is 44.6 Å². The van der Waals surface area contributed by atoms with Crippen LogP contribution in [0, 0.1) is 6.92 Å². The van der Waals surface area contributed by atoms with Crippen molar-refractivity contribution in [3.63, 3.8) is 0 Å². The van der Waals surface area contributed by atoms with Crippen molar-refractivity contribution in [3.05, 3.63) is 53.6 Å². The molecule has 2 unspecified atom stereocenters. The first-order valence-electron chi connectivity index (χ1n) is 10.7. The van der Waals surface area contributed by atoms with Crippen molar-refractivity contribution in [2.45, 2.75) is 45.4 Å². The third-order valence-electron chi connectivity index (χ3n) is 5.46. The summed E-state index contributed by atoms with van der Waals surface area (Å²) in [5.74, 6) is 2.57. The van der Waals surface area contributed by atoms with Gasteiger partial charge < -0.3 is 19.5 Å². The summed E-state index contributed by atoms with van der Waals surface area (Å²) in [6.07, 6.45) is 1.26. The van der Waals surface area contributed by atoms with Gasteiger partial charge in [0.1, 0.15) is 24.6 Å². The Hall–Kier alpha value is -2.73. The molecule has 6 heteroatoms. The van der Waals surface area contributed by atoms with Crippen molar-refractivity contribution in [2.75, 3.05) is 26.2 Å². The Morgan fingerprint density at radius 2 is 1.97 bits per heavy atom. The molecule has 160 valence electrons. The van der Waals surface area contributed by atoms with Gasteiger partial charge in [-0.1, -0.05) is 29.8 Å². The van der Waals surface area contributed by atoms with Crippen molar-refractivity contribution in [1.82, 2.24) is 10.2 Å². The first-order valence-corrected chi connectivity index (χ1v) is 10.7. The minimum atomic E-state index is -0.0384. The number of ether oxygens (including phenoxy) is 3. The molecule has 0 saturated heterocycles. The highest BCUT2D eigenvalue weighted by molar-refractivity contribution is 5.76. The van der Waals surface area contributed by atoms with Gasteiger partial charge >= 0.3 is 0 Å². The smallest absolute Gasteiger partial charge is 0.221 e. The zero-order valence-electron chi connectivity index (χ0n) is 17.7. The molecule has 4 rings (SSSR count). The molecule has 30 heavy (non-hydrogen) atoms. The maximum atomic E-state index is 12.4. The molecule has 0 radical (unpaired) electrons. The molecule has 1 amide bonds. The molecule has 0 bridgehead atoms. The Morgan fingerprint density at radius 3 is 2.83 bits per heavy atom. The van der Waals surface area contributed by atoms with Crippen molar-refractivity contribution in [3.8, 4) is 17.2 Å². The number of para-hydroxylation sites is 2. The van der Waals surface area contributed by atoms with Crippen LogP contribution in [-0.4, -0.2) is 49.3 Å². The third kappa shape index (κ3) is 5.25. The SMILES string of the molecule is Cc1ccc2c(c1)CN(CCC(=O)NCCC1COc3ccccc3O1)CC(C)O2. The summed E-state index contributed by atoms with van der Waals surface area (Å²) in [5, 5.41) is 3.02. The van der Waals surface area contributed by atoms with Crippen molar-refractivity contribution >= 4 is 5.91 Å². The summed E-state index contributed by atoms with van der Waals surface area (Å²) < 4.78 is 17.7. The summed E-state index contributed by atoms with van der Waals surface area (Å²) in [6.45, 7) is 7.59. The quantitative estimate of drug-likeness (QED) is 0.792. The van der Waals surface area contributed by atoms with E-state index in [2.05, 4.69) is 36.2 Å². The fourth-order valence-electron chi connectivity index (χ4n) is 3.97. The molecule has 0 fully saturated rings. The van der Waals surface area contributed by atoms with Gasteiger partial charge in [0.2, 0.25) is 5.91 Å². The second-order valence-corrected chi connectivity index (χ2v) is 8.16. The highest BCUT2D eigenvalue weighted by Crippen LogP contribution is 2.31. The molecule has 1 N–H and O–H groups in total. The molecule has 0 spiro atoms. The molecular weight excluding hydrogens is 380 g/mol. The molecule has 2 heterocycles. The fraction of sp³-hybridized carbons (Fsp3) is 0.458. The van der Waals surface area contributed by atoms with Crippen LogP contribution in [0.25, 0.3) is 0 Å². The lowest BCUT2D eigenvalue weighted by Gasteiger charge is -2.26. The van der Waals surface area contributed by atoms with Crippen LogP contribution in [0.2, 0.25) is 0 Å². The van der Waals surface area contributed by atoms with E-state index in [4.69, 9.17) is 14.2 Å². The van der Waals surface area contributed by atoms with Gasteiger partial charge in [-0.2, -0.15) is 0 Å². The molecule has 2 atom stereocenters. The van der Waals surface area contributed by atoms with Gasteiger partial charge in [0.25, 0.3) is 0 Å². The molecular formula is C24H30N2O4. The maximum Gasteiger partial charge on any atom is 0.221 e. The van der Waals surface area contributed by atoms with Crippen LogP contribution in [0.1, 0.15) is 30.9 Å². The summed E-state index contributed by atoms with van der Waals surface area (Å²) in [7, 11) is 0. The predicted molar refractivity (Wildman–Crippen MR) is 115 cm³/mol. The number of benzene rings is 2. The van der Waals surface area contributed by atoms with Crippen LogP contribution in [0.15, 0.2) is 42.5 Å². The van der Waals surface area contributed by atoms with Crippen LogP contribution in [-0.2, 0) is 11.3 Å². The third-order valence-corrected chi connectivity index (χ3v) is 5.46. The molecule has 0 aliphatic carbocycles. The Kier molecular flexibility index (Phi) is 6.43. The predicted octanol–water partition coefficient (Wildman–Crippen LogP) is 3.31. The van der Waals surface area contributed by atoms with E-state index in [9.17, 15) is 4.79 Å². The largest absolute Gasteiger partial charge is 0.489 e. The zero-order valence-corrected chi connectivity index (χ0v) is 17.7. The lowest BCUT2D eigenvalue weighted by atomic mass is 10.1. The van der Waals surface area contributed by atoms with E-state index in [1.807, 2.05) is 30.3 Å². The summed E-state index contributed by atoms with van der Waals surface area (Å²) in [5.41, 5.74) is 2.41. The van der Waals surface area contributed by atoms with Gasteiger partial charge in [-0.3, -0.25) is 9.69 Å². The Labute approximate surface area is 178 Å². The van der Waals surface area contributed by atoms with E-state index in [-0.39, 0.29) is 18.1 Å². The number of amides is 1. The number of hydrogen-bond acceptors (Lipinski definition) is 5.